The molecule has 20 heavy (non-hydrogen) atoms. The molecule has 110 valence electrons. The molecule has 0 spiro atoms. The van der Waals surface area contributed by atoms with E-state index in [1.807, 2.05) is 31.4 Å². The van der Waals surface area contributed by atoms with Crippen molar-refractivity contribution in [3.05, 3.63) is 30.1 Å². The molecule has 2 unspecified atom stereocenters. The molecule has 1 aromatic heterocycles. The van der Waals surface area contributed by atoms with Crippen LogP contribution in [0.25, 0.3) is 0 Å². The van der Waals surface area contributed by atoms with Crippen LogP contribution in [-0.2, 0) is 6.54 Å². The predicted octanol–water partition coefficient (Wildman–Crippen LogP) is 2.57. The minimum Gasteiger partial charge on any atom is -0.356 e. The van der Waals surface area contributed by atoms with Gasteiger partial charge in [-0.25, -0.2) is 0 Å². The van der Waals surface area contributed by atoms with E-state index >= 15 is 0 Å². The van der Waals surface area contributed by atoms with Gasteiger partial charge < -0.3 is 10.6 Å². The van der Waals surface area contributed by atoms with Crippen LogP contribution >= 0.6 is 0 Å². The van der Waals surface area contributed by atoms with Crippen LogP contribution in [0.1, 0.15) is 38.3 Å². The third kappa shape index (κ3) is 4.83. The Balaban J connectivity index is 1.72. The predicted molar refractivity (Wildman–Crippen MR) is 83.6 cm³/mol. The van der Waals surface area contributed by atoms with Crippen LogP contribution in [0.5, 0.6) is 0 Å². The van der Waals surface area contributed by atoms with Crippen LogP contribution in [-0.4, -0.2) is 24.5 Å². The Kier molecular flexibility index (Phi) is 5.84. The van der Waals surface area contributed by atoms with Gasteiger partial charge in [0.25, 0.3) is 0 Å². The first kappa shape index (κ1) is 14.8. The highest BCUT2D eigenvalue weighted by atomic mass is 15.2. The minimum absolute atomic E-state index is 0.710. The minimum atomic E-state index is 0.710. The Bertz CT molecular complexity index is 416. The van der Waals surface area contributed by atoms with Crippen molar-refractivity contribution in [1.29, 1.82) is 0 Å². The van der Waals surface area contributed by atoms with Gasteiger partial charge in [-0.3, -0.25) is 9.98 Å². The van der Waals surface area contributed by atoms with Gasteiger partial charge in [0.1, 0.15) is 0 Å². The summed E-state index contributed by atoms with van der Waals surface area (Å²) in [6.07, 6.45) is 7.26. The quantitative estimate of drug-likeness (QED) is 0.655. The van der Waals surface area contributed by atoms with Gasteiger partial charge in [0, 0.05) is 19.8 Å². The lowest BCUT2D eigenvalue weighted by atomic mass is 9.82. The second-order valence-corrected chi connectivity index (χ2v) is 5.77. The highest BCUT2D eigenvalue weighted by Gasteiger charge is 2.18. The first-order valence-electron chi connectivity index (χ1n) is 7.62. The number of hydrogen-bond donors (Lipinski definition) is 2. The highest BCUT2D eigenvalue weighted by Crippen LogP contribution is 2.27. The molecule has 0 aliphatic heterocycles. The smallest absolute Gasteiger partial charge is 0.191 e. The summed E-state index contributed by atoms with van der Waals surface area (Å²) in [7, 11) is 1.82. The summed E-state index contributed by atoms with van der Waals surface area (Å²) in [5.41, 5.74) is 1.03. The summed E-state index contributed by atoms with van der Waals surface area (Å²) in [5, 5.41) is 6.75. The fourth-order valence-corrected chi connectivity index (χ4v) is 2.88. The maximum absolute atomic E-state index is 4.30. The molecule has 0 bridgehead atoms. The molecule has 4 heteroatoms. The molecule has 0 radical (unpaired) electrons. The summed E-state index contributed by atoms with van der Waals surface area (Å²) in [6, 6.07) is 5.95. The first-order chi connectivity index (χ1) is 9.78. The molecule has 1 aliphatic rings. The molecule has 2 rings (SSSR count). The Labute approximate surface area is 122 Å². The van der Waals surface area contributed by atoms with E-state index in [-0.39, 0.29) is 0 Å². The summed E-state index contributed by atoms with van der Waals surface area (Å²) in [5.74, 6) is 2.53. The number of hydrogen-bond acceptors (Lipinski definition) is 2. The zero-order valence-electron chi connectivity index (χ0n) is 12.6. The summed E-state index contributed by atoms with van der Waals surface area (Å²) < 4.78 is 0. The molecule has 2 N–H and O–H groups in total. The van der Waals surface area contributed by atoms with E-state index in [9.17, 15) is 0 Å². The van der Waals surface area contributed by atoms with E-state index < -0.39 is 0 Å². The molecule has 1 heterocycles. The van der Waals surface area contributed by atoms with Crippen molar-refractivity contribution in [2.45, 2.75) is 39.2 Å². The van der Waals surface area contributed by atoms with E-state index in [0.717, 1.165) is 30.0 Å². The van der Waals surface area contributed by atoms with Crippen LogP contribution in [0.15, 0.2) is 29.4 Å². The van der Waals surface area contributed by atoms with E-state index in [0.29, 0.717) is 6.54 Å². The van der Waals surface area contributed by atoms with Crippen LogP contribution in [0, 0.1) is 11.8 Å². The standard InChI is InChI=1S/C16H26N4/c1-13-6-5-7-14(10-13)11-19-16(17-2)20-12-15-8-3-4-9-18-15/h3-4,8-9,13-14H,5-7,10-12H2,1-2H3,(H2,17,19,20). The van der Waals surface area contributed by atoms with Gasteiger partial charge >= 0.3 is 0 Å². The fraction of sp³-hybridized carbons (Fsp3) is 0.625. The van der Waals surface area contributed by atoms with Crippen LogP contribution in [0.2, 0.25) is 0 Å². The molecular formula is C16H26N4. The average Bonchev–Trinajstić information content (AvgIpc) is 2.48. The number of nitrogens with one attached hydrogen (secondary N) is 2. The molecule has 4 nitrogen and oxygen atoms in total. The van der Waals surface area contributed by atoms with Crippen molar-refractivity contribution >= 4 is 5.96 Å². The Morgan fingerprint density at radius 3 is 2.95 bits per heavy atom. The van der Waals surface area contributed by atoms with Crippen molar-refractivity contribution in [3.63, 3.8) is 0 Å². The maximum Gasteiger partial charge on any atom is 0.191 e. The second kappa shape index (κ2) is 7.88. The van der Waals surface area contributed by atoms with Crippen molar-refractivity contribution in [3.8, 4) is 0 Å². The van der Waals surface area contributed by atoms with Gasteiger partial charge in [-0.05, 0) is 36.8 Å². The summed E-state index contributed by atoms with van der Waals surface area (Å²) in [6.45, 7) is 4.09. The number of nitrogens with zero attached hydrogens (tertiary/aromatic N) is 2. The Hall–Kier alpha value is -1.58. The molecule has 0 amide bonds. The summed E-state index contributed by atoms with van der Waals surface area (Å²) >= 11 is 0. The zero-order valence-corrected chi connectivity index (χ0v) is 12.6. The molecule has 1 fully saturated rings. The van der Waals surface area contributed by atoms with Crippen molar-refractivity contribution in [2.75, 3.05) is 13.6 Å². The molecule has 1 aliphatic carbocycles. The van der Waals surface area contributed by atoms with Gasteiger partial charge in [0.05, 0.1) is 12.2 Å². The number of pyridine rings is 1. The van der Waals surface area contributed by atoms with Gasteiger partial charge in [0.15, 0.2) is 5.96 Å². The van der Waals surface area contributed by atoms with Crippen molar-refractivity contribution in [2.24, 2.45) is 16.8 Å². The normalized spacial score (nSPS) is 23.4. The zero-order chi connectivity index (χ0) is 14.2. The van der Waals surface area contributed by atoms with E-state index in [1.165, 1.54) is 25.7 Å². The van der Waals surface area contributed by atoms with E-state index in [2.05, 4.69) is 27.5 Å². The number of aliphatic imine (C=N–C) groups is 1. The van der Waals surface area contributed by atoms with E-state index in [1.54, 1.807) is 0 Å². The molecular weight excluding hydrogens is 248 g/mol. The van der Waals surface area contributed by atoms with Gasteiger partial charge in [-0.1, -0.05) is 25.8 Å². The number of rotatable bonds is 4. The average molecular weight is 274 g/mol. The van der Waals surface area contributed by atoms with Crippen LogP contribution in [0.4, 0.5) is 0 Å². The molecule has 0 aromatic carbocycles. The van der Waals surface area contributed by atoms with Crippen LogP contribution in [0.3, 0.4) is 0 Å². The number of guanidine groups is 1. The summed E-state index contributed by atoms with van der Waals surface area (Å²) in [4.78, 5) is 8.57. The van der Waals surface area contributed by atoms with Gasteiger partial charge in [-0.2, -0.15) is 0 Å². The van der Waals surface area contributed by atoms with E-state index in [4.69, 9.17) is 0 Å². The highest BCUT2D eigenvalue weighted by molar-refractivity contribution is 5.79. The topological polar surface area (TPSA) is 49.3 Å². The maximum atomic E-state index is 4.30. The molecule has 1 aromatic rings. The third-order valence-corrected chi connectivity index (χ3v) is 3.99. The third-order valence-electron chi connectivity index (χ3n) is 3.99. The molecule has 0 saturated heterocycles. The largest absolute Gasteiger partial charge is 0.356 e. The van der Waals surface area contributed by atoms with Crippen molar-refractivity contribution in [1.82, 2.24) is 15.6 Å². The monoisotopic (exact) mass is 274 g/mol. The SMILES string of the molecule is CN=C(NCc1ccccn1)NCC1CCCC(C)C1. The van der Waals surface area contributed by atoms with Crippen molar-refractivity contribution < 1.29 is 0 Å². The lowest BCUT2D eigenvalue weighted by molar-refractivity contribution is 0.282. The number of aromatic nitrogens is 1. The van der Waals surface area contributed by atoms with Crippen LogP contribution < -0.4 is 10.6 Å². The lowest BCUT2D eigenvalue weighted by Gasteiger charge is -2.27. The lowest BCUT2D eigenvalue weighted by Crippen LogP contribution is -2.40. The van der Waals surface area contributed by atoms with Gasteiger partial charge in [-0.15, -0.1) is 0 Å². The fourth-order valence-electron chi connectivity index (χ4n) is 2.88. The second-order valence-electron chi connectivity index (χ2n) is 5.77. The first-order valence-corrected chi connectivity index (χ1v) is 7.62. The van der Waals surface area contributed by atoms with Gasteiger partial charge in [0.2, 0.25) is 0 Å². The molecule has 1 saturated carbocycles. The Morgan fingerprint density at radius 1 is 1.35 bits per heavy atom. The molecule has 2 atom stereocenters. The Morgan fingerprint density at radius 2 is 2.25 bits per heavy atom.